The molecule has 136 valence electrons. The highest BCUT2D eigenvalue weighted by Gasteiger charge is 2.23. The molecule has 0 aromatic carbocycles. The lowest BCUT2D eigenvalue weighted by atomic mass is 9.93. The zero-order chi connectivity index (χ0) is 18.5. The molecule has 6 nitrogen and oxygen atoms in total. The predicted octanol–water partition coefficient (Wildman–Crippen LogP) is 2.69. The molecule has 0 radical (unpaired) electrons. The highest BCUT2D eigenvalue weighted by molar-refractivity contribution is 5.94. The van der Waals surface area contributed by atoms with Crippen molar-refractivity contribution in [2.75, 3.05) is 13.1 Å². The fourth-order valence-electron chi connectivity index (χ4n) is 3.26. The van der Waals surface area contributed by atoms with Crippen LogP contribution in [0, 0.1) is 0 Å². The Morgan fingerprint density at radius 2 is 1.92 bits per heavy atom. The van der Waals surface area contributed by atoms with Crippen molar-refractivity contribution in [3.05, 3.63) is 59.7 Å². The van der Waals surface area contributed by atoms with Crippen LogP contribution in [-0.2, 0) is 4.79 Å². The summed E-state index contributed by atoms with van der Waals surface area (Å²) in [4.78, 5) is 34.5. The molecule has 1 aliphatic heterocycles. The molecule has 1 fully saturated rings. The van der Waals surface area contributed by atoms with Crippen molar-refractivity contribution in [3.63, 3.8) is 0 Å². The molecular formula is C20H24N4O2. The van der Waals surface area contributed by atoms with E-state index in [1.165, 1.54) is 0 Å². The molecule has 1 saturated heterocycles. The molecule has 2 amide bonds. The summed E-state index contributed by atoms with van der Waals surface area (Å²) in [7, 11) is 0. The average molecular weight is 352 g/mol. The summed E-state index contributed by atoms with van der Waals surface area (Å²) in [6.07, 6.45) is 5.17. The molecule has 2 aromatic heterocycles. The van der Waals surface area contributed by atoms with Gasteiger partial charge in [0.25, 0.3) is 5.91 Å². The summed E-state index contributed by atoms with van der Waals surface area (Å²) in [5.41, 5.74) is 2.35. The van der Waals surface area contributed by atoms with E-state index in [1.54, 1.807) is 19.3 Å². The summed E-state index contributed by atoms with van der Waals surface area (Å²) < 4.78 is 0. The van der Waals surface area contributed by atoms with Crippen molar-refractivity contribution in [1.82, 2.24) is 20.2 Å². The van der Waals surface area contributed by atoms with E-state index in [1.807, 2.05) is 42.2 Å². The monoisotopic (exact) mass is 352 g/mol. The van der Waals surface area contributed by atoms with E-state index >= 15 is 0 Å². The zero-order valence-corrected chi connectivity index (χ0v) is 15.2. The molecule has 0 spiro atoms. The number of hydrogen-bond acceptors (Lipinski definition) is 4. The largest absolute Gasteiger partial charge is 0.344 e. The maximum atomic E-state index is 12.4. The van der Waals surface area contributed by atoms with Gasteiger partial charge < -0.3 is 10.2 Å². The highest BCUT2D eigenvalue weighted by atomic mass is 16.2. The van der Waals surface area contributed by atoms with Gasteiger partial charge in [0.1, 0.15) is 0 Å². The van der Waals surface area contributed by atoms with Crippen molar-refractivity contribution in [3.8, 4) is 0 Å². The maximum absolute atomic E-state index is 12.4. The molecule has 1 unspecified atom stereocenters. The number of piperidine rings is 1. The van der Waals surface area contributed by atoms with Gasteiger partial charge in [-0.3, -0.25) is 19.6 Å². The van der Waals surface area contributed by atoms with Crippen molar-refractivity contribution in [1.29, 1.82) is 0 Å². The van der Waals surface area contributed by atoms with Gasteiger partial charge in [0.15, 0.2) is 0 Å². The number of nitrogens with zero attached hydrogens (tertiary/aromatic N) is 3. The molecule has 6 heteroatoms. The molecule has 3 rings (SSSR count). The van der Waals surface area contributed by atoms with Crippen LogP contribution in [0.1, 0.15) is 60.4 Å². The van der Waals surface area contributed by atoms with Crippen LogP contribution in [0.5, 0.6) is 0 Å². The molecule has 1 aliphatic rings. The van der Waals surface area contributed by atoms with Gasteiger partial charge in [-0.05, 0) is 44.0 Å². The number of likely N-dealkylation sites (tertiary alicyclic amines) is 1. The number of carbonyl (C=O) groups is 2. The Morgan fingerprint density at radius 3 is 2.50 bits per heavy atom. The molecule has 0 saturated carbocycles. The Morgan fingerprint density at radius 1 is 1.15 bits per heavy atom. The van der Waals surface area contributed by atoms with Gasteiger partial charge in [-0.15, -0.1) is 0 Å². The van der Waals surface area contributed by atoms with Crippen LogP contribution < -0.4 is 5.32 Å². The van der Waals surface area contributed by atoms with E-state index in [0.29, 0.717) is 11.5 Å². The van der Waals surface area contributed by atoms with Crippen LogP contribution in [-0.4, -0.2) is 39.8 Å². The van der Waals surface area contributed by atoms with Crippen LogP contribution in [0.3, 0.4) is 0 Å². The molecule has 0 bridgehead atoms. The van der Waals surface area contributed by atoms with Crippen LogP contribution in [0.4, 0.5) is 0 Å². The molecule has 26 heavy (non-hydrogen) atoms. The van der Waals surface area contributed by atoms with Gasteiger partial charge in [-0.2, -0.15) is 0 Å². The standard InChI is InChI=1S/C20H24N4O2/c1-14(18-5-3-4-10-21-18)23-20(26)17-6-7-19(22-13-17)16-8-11-24(12-9-16)15(2)25/h3-7,10,13-14,16H,8-9,11-12H2,1-2H3,(H,23,26). The minimum atomic E-state index is -0.167. The number of carbonyl (C=O) groups excluding carboxylic acids is 2. The van der Waals surface area contributed by atoms with Crippen LogP contribution >= 0.6 is 0 Å². The first-order valence-corrected chi connectivity index (χ1v) is 8.98. The van der Waals surface area contributed by atoms with Gasteiger partial charge in [0.2, 0.25) is 5.91 Å². The Kier molecular flexibility index (Phi) is 5.61. The van der Waals surface area contributed by atoms with Gasteiger partial charge in [0, 0.05) is 44.0 Å². The minimum absolute atomic E-state index is 0.130. The lowest BCUT2D eigenvalue weighted by Crippen LogP contribution is -2.36. The third-order valence-electron chi connectivity index (χ3n) is 4.89. The second-order valence-corrected chi connectivity index (χ2v) is 6.70. The average Bonchev–Trinajstić information content (AvgIpc) is 2.69. The molecule has 2 aromatic rings. The van der Waals surface area contributed by atoms with Gasteiger partial charge in [-0.1, -0.05) is 6.07 Å². The fourth-order valence-corrected chi connectivity index (χ4v) is 3.26. The summed E-state index contributed by atoms with van der Waals surface area (Å²) >= 11 is 0. The Bertz CT molecular complexity index is 753. The summed E-state index contributed by atoms with van der Waals surface area (Å²) in [6, 6.07) is 9.22. The van der Waals surface area contributed by atoms with E-state index in [4.69, 9.17) is 0 Å². The van der Waals surface area contributed by atoms with E-state index in [0.717, 1.165) is 37.3 Å². The van der Waals surface area contributed by atoms with Crippen LogP contribution in [0.15, 0.2) is 42.7 Å². The number of aromatic nitrogens is 2. The molecule has 0 aliphatic carbocycles. The lowest BCUT2D eigenvalue weighted by molar-refractivity contribution is -0.129. The number of nitrogens with one attached hydrogen (secondary N) is 1. The Labute approximate surface area is 153 Å². The van der Waals surface area contributed by atoms with E-state index in [2.05, 4.69) is 15.3 Å². The topological polar surface area (TPSA) is 75.2 Å². The number of pyridine rings is 2. The van der Waals surface area contributed by atoms with Crippen LogP contribution in [0.2, 0.25) is 0 Å². The molecule has 1 N–H and O–H groups in total. The first-order chi connectivity index (χ1) is 12.5. The van der Waals surface area contributed by atoms with Crippen molar-refractivity contribution in [2.45, 2.75) is 38.6 Å². The van der Waals surface area contributed by atoms with Gasteiger partial charge >= 0.3 is 0 Å². The molecule has 1 atom stereocenters. The minimum Gasteiger partial charge on any atom is -0.344 e. The van der Waals surface area contributed by atoms with Gasteiger partial charge in [-0.25, -0.2) is 0 Å². The van der Waals surface area contributed by atoms with E-state index in [9.17, 15) is 9.59 Å². The SMILES string of the molecule is CC(=O)N1CCC(c2ccc(C(=O)NC(C)c3ccccn3)cn2)CC1. The second kappa shape index (κ2) is 8.08. The number of amides is 2. The van der Waals surface area contributed by atoms with Crippen molar-refractivity contribution >= 4 is 11.8 Å². The Balaban J connectivity index is 1.59. The van der Waals surface area contributed by atoms with Crippen molar-refractivity contribution < 1.29 is 9.59 Å². The van der Waals surface area contributed by atoms with Crippen molar-refractivity contribution in [2.24, 2.45) is 0 Å². The third kappa shape index (κ3) is 4.25. The first-order valence-electron chi connectivity index (χ1n) is 8.98. The lowest BCUT2D eigenvalue weighted by Gasteiger charge is -2.31. The summed E-state index contributed by atoms with van der Waals surface area (Å²) in [5.74, 6) is 0.314. The predicted molar refractivity (Wildman–Crippen MR) is 98.6 cm³/mol. The first kappa shape index (κ1) is 18.0. The van der Waals surface area contributed by atoms with E-state index in [-0.39, 0.29) is 17.9 Å². The third-order valence-corrected chi connectivity index (χ3v) is 4.89. The molecular weight excluding hydrogens is 328 g/mol. The molecule has 3 heterocycles. The number of hydrogen-bond donors (Lipinski definition) is 1. The van der Waals surface area contributed by atoms with E-state index < -0.39 is 0 Å². The maximum Gasteiger partial charge on any atom is 0.253 e. The normalized spacial score (nSPS) is 16.2. The van der Waals surface area contributed by atoms with Gasteiger partial charge in [0.05, 0.1) is 17.3 Å². The quantitative estimate of drug-likeness (QED) is 0.918. The second-order valence-electron chi connectivity index (χ2n) is 6.70. The fraction of sp³-hybridized carbons (Fsp3) is 0.400. The number of rotatable bonds is 4. The smallest absolute Gasteiger partial charge is 0.253 e. The summed E-state index contributed by atoms with van der Waals surface area (Å²) in [5, 5.41) is 2.94. The zero-order valence-electron chi connectivity index (χ0n) is 15.2. The summed E-state index contributed by atoms with van der Waals surface area (Å²) in [6.45, 7) is 5.06. The van der Waals surface area contributed by atoms with Crippen LogP contribution in [0.25, 0.3) is 0 Å². The highest BCUT2D eigenvalue weighted by Crippen LogP contribution is 2.26. The Hall–Kier alpha value is -2.76.